The zero-order chi connectivity index (χ0) is 30.5. The Hall–Kier alpha value is -3.10. The van der Waals surface area contributed by atoms with Gasteiger partial charge >= 0.3 is 0 Å². The Morgan fingerprint density at radius 2 is 1.65 bits per heavy atom. The minimum absolute atomic E-state index is 0.0271. The van der Waals surface area contributed by atoms with Crippen LogP contribution in [-0.2, 0) is 14.4 Å². The molecule has 9 heteroatoms. The van der Waals surface area contributed by atoms with E-state index in [0.717, 1.165) is 55.5 Å². The molecule has 0 radical (unpaired) electrons. The van der Waals surface area contributed by atoms with Gasteiger partial charge in [-0.05, 0) is 88.6 Å². The number of amides is 3. The van der Waals surface area contributed by atoms with Crippen LogP contribution in [0.15, 0.2) is 42.5 Å². The maximum absolute atomic E-state index is 13.8. The van der Waals surface area contributed by atoms with E-state index in [-0.39, 0.29) is 36.3 Å². The van der Waals surface area contributed by atoms with E-state index < -0.39 is 0 Å². The largest absolute Gasteiger partial charge is 0.484 e. The Bertz CT molecular complexity index is 1280. The fourth-order valence-electron chi connectivity index (χ4n) is 7.00. The molecule has 3 heterocycles. The molecule has 0 aliphatic carbocycles. The van der Waals surface area contributed by atoms with E-state index in [4.69, 9.17) is 16.3 Å². The number of aryl methyl sites for hydroxylation is 2. The Morgan fingerprint density at radius 1 is 0.977 bits per heavy atom. The van der Waals surface area contributed by atoms with E-state index in [1.165, 1.54) is 0 Å². The van der Waals surface area contributed by atoms with E-state index >= 15 is 0 Å². The molecular formula is C34H45ClN4O4. The van der Waals surface area contributed by atoms with Crippen LogP contribution in [0.5, 0.6) is 5.75 Å². The van der Waals surface area contributed by atoms with Crippen LogP contribution < -0.4 is 15.0 Å². The van der Waals surface area contributed by atoms with Crippen molar-refractivity contribution in [3.63, 3.8) is 0 Å². The first kappa shape index (κ1) is 31.3. The van der Waals surface area contributed by atoms with Gasteiger partial charge in [0.05, 0.1) is 0 Å². The second-order valence-corrected chi connectivity index (χ2v) is 12.9. The number of anilines is 1. The van der Waals surface area contributed by atoms with E-state index in [1.54, 1.807) is 6.92 Å². The number of benzene rings is 2. The number of carbonyl (C=O) groups is 3. The molecule has 2 aromatic carbocycles. The maximum atomic E-state index is 13.8. The van der Waals surface area contributed by atoms with Crippen LogP contribution in [0.4, 0.5) is 5.69 Å². The van der Waals surface area contributed by atoms with Crippen molar-refractivity contribution in [2.75, 3.05) is 37.7 Å². The Kier molecular flexibility index (Phi) is 10.3. The lowest BCUT2D eigenvalue weighted by atomic mass is 9.94. The van der Waals surface area contributed by atoms with Gasteiger partial charge in [-0.1, -0.05) is 35.4 Å². The van der Waals surface area contributed by atoms with Crippen molar-refractivity contribution >= 4 is 35.0 Å². The molecule has 2 atom stereocenters. The zero-order valence-electron chi connectivity index (χ0n) is 25.7. The average Bonchev–Trinajstić information content (AvgIpc) is 3.23. The van der Waals surface area contributed by atoms with Gasteiger partial charge < -0.3 is 19.9 Å². The predicted octanol–water partition coefficient (Wildman–Crippen LogP) is 5.13. The lowest BCUT2D eigenvalue weighted by Crippen LogP contribution is -2.51. The van der Waals surface area contributed by atoms with Crippen molar-refractivity contribution in [1.29, 1.82) is 0 Å². The molecule has 0 saturated carbocycles. The van der Waals surface area contributed by atoms with Gasteiger partial charge in [0.25, 0.3) is 5.91 Å². The third-order valence-corrected chi connectivity index (χ3v) is 9.87. The number of hydrogen-bond donors (Lipinski definition) is 1. The van der Waals surface area contributed by atoms with E-state index in [1.807, 2.05) is 66.1 Å². The van der Waals surface area contributed by atoms with Gasteiger partial charge in [0.2, 0.25) is 11.8 Å². The fraction of sp³-hybridized carbons (Fsp3) is 0.559. The molecule has 2 bridgehead atoms. The van der Waals surface area contributed by atoms with Crippen molar-refractivity contribution in [3.05, 3.63) is 58.6 Å². The second-order valence-electron chi connectivity index (χ2n) is 12.5. The van der Waals surface area contributed by atoms with Crippen LogP contribution in [0.3, 0.4) is 0 Å². The third kappa shape index (κ3) is 7.90. The van der Waals surface area contributed by atoms with Gasteiger partial charge in [-0.25, -0.2) is 0 Å². The number of nitrogens with zero attached hydrogens (tertiary/aromatic N) is 3. The summed E-state index contributed by atoms with van der Waals surface area (Å²) >= 11 is 6.48. The van der Waals surface area contributed by atoms with Crippen molar-refractivity contribution in [3.8, 4) is 5.75 Å². The van der Waals surface area contributed by atoms with Crippen molar-refractivity contribution in [2.24, 2.45) is 5.92 Å². The zero-order valence-corrected chi connectivity index (χ0v) is 26.4. The highest BCUT2D eigenvalue weighted by Crippen LogP contribution is 2.36. The van der Waals surface area contributed by atoms with Gasteiger partial charge in [0, 0.05) is 67.9 Å². The summed E-state index contributed by atoms with van der Waals surface area (Å²) in [5.74, 6) is 0.735. The van der Waals surface area contributed by atoms with Crippen LogP contribution in [0.25, 0.3) is 0 Å². The van der Waals surface area contributed by atoms with E-state index in [2.05, 4.69) is 10.2 Å². The van der Waals surface area contributed by atoms with Gasteiger partial charge in [0.1, 0.15) is 5.75 Å². The molecule has 3 fully saturated rings. The summed E-state index contributed by atoms with van der Waals surface area (Å²) in [5.41, 5.74) is 2.98. The quantitative estimate of drug-likeness (QED) is 0.404. The summed E-state index contributed by atoms with van der Waals surface area (Å²) in [7, 11) is 0. The molecule has 232 valence electrons. The van der Waals surface area contributed by atoms with Crippen molar-refractivity contribution in [2.45, 2.75) is 83.8 Å². The summed E-state index contributed by atoms with van der Waals surface area (Å²) in [4.78, 5) is 44.6. The number of carbonyl (C=O) groups excluding carboxylic acids is 3. The second kappa shape index (κ2) is 14.1. The summed E-state index contributed by atoms with van der Waals surface area (Å²) in [6.07, 6.45) is 6.40. The van der Waals surface area contributed by atoms with Gasteiger partial charge in [-0.3, -0.25) is 19.3 Å². The number of rotatable bonds is 10. The predicted molar refractivity (Wildman–Crippen MR) is 169 cm³/mol. The fourth-order valence-corrected chi connectivity index (χ4v) is 7.17. The first-order valence-corrected chi connectivity index (χ1v) is 16.1. The summed E-state index contributed by atoms with van der Waals surface area (Å²) in [5, 5.41) is 3.87. The molecule has 2 aromatic rings. The number of hydrogen-bond acceptors (Lipinski definition) is 5. The molecule has 3 aliphatic rings. The molecule has 43 heavy (non-hydrogen) atoms. The normalized spacial score (nSPS) is 22.3. The standard InChI is InChI=1S/C34H45ClN4O4/c1-23-5-11-31(12-6-23)43-22-33(41)36-27-19-28-9-10-29(20-27)38(28)15-4-16-39(30-8-7-24(2)32(35)21-30)34(42)26-13-17-37(18-14-26)25(3)40/h5-8,11-12,21,26-29H,4,9-10,13-20,22H2,1-3H3,(H,36,41). The van der Waals surface area contributed by atoms with Crippen molar-refractivity contribution < 1.29 is 19.1 Å². The average molecular weight is 609 g/mol. The highest BCUT2D eigenvalue weighted by molar-refractivity contribution is 6.31. The Balaban J connectivity index is 1.14. The number of halogens is 1. The number of likely N-dealkylation sites (tertiary alicyclic amines) is 1. The minimum atomic E-state index is -0.0961. The number of fused-ring (bicyclic) bond motifs is 2. The minimum Gasteiger partial charge on any atom is -0.484 e. The molecular weight excluding hydrogens is 564 g/mol. The lowest BCUT2D eigenvalue weighted by Gasteiger charge is -2.39. The molecule has 0 spiro atoms. The maximum Gasteiger partial charge on any atom is 0.258 e. The first-order valence-electron chi connectivity index (χ1n) is 15.8. The molecule has 3 saturated heterocycles. The summed E-state index contributed by atoms with van der Waals surface area (Å²) in [6, 6.07) is 14.6. The number of nitrogens with one attached hydrogen (secondary N) is 1. The summed E-state index contributed by atoms with van der Waals surface area (Å²) in [6.45, 7) is 8.40. The van der Waals surface area contributed by atoms with Crippen LogP contribution >= 0.6 is 11.6 Å². The third-order valence-electron chi connectivity index (χ3n) is 9.46. The Labute approximate surface area is 260 Å². The van der Waals surface area contributed by atoms with Crippen LogP contribution in [0.1, 0.15) is 63.0 Å². The van der Waals surface area contributed by atoms with Crippen LogP contribution in [0, 0.1) is 19.8 Å². The highest BCUT2D eigenvalue weighted by atomic mass is 35.5. The number of piperidine rings is 2. The SMILES string of the molecule is CC(=O)N1CCC(C(=O)N(CCCN2C3CCC2CC(NC(=O)COc2ccc(C)cc2)C3)c2ccc(C)c(Cl)c2)CC1. The molecule has 8 nitrogen and oxygen atoms in total. The number of ether oxygens (including phenoxy) is 1. The van der Waals surface area contributed by atoms with Crippen molar-refractivity contribution in [1.82, 2.24) is 15.1 Å². The molecule has 1 N–H and O–H groups in total. The molecule has 2 unspecified atom stereocenters. The lowest BCUT2D eigenvalue weighted by molar-refractivity contribution is -0.133. The highest BCUT2D eigenvalue weighted by Gasteiger charge is 2.41. The first-order chi connectivity index (χ1) is 20.7. The van der Waals surface area contributed by atoms with E-state index in [0.29, 0.717) is 55.3 Å². The van der Waals surface area contributed by atoms with Crippen LogP contribution in [-0.4, -0.2) is 78.4 Å². The monoisotopic (exact) mass is 608 g/mol. The molecule has 0 aromatic heterocycles. The Morgan fingerprint density at radius 3 is 2.28 bits per heavy atom. The van der Waals surface area contributed by atoms with Gasteiger partial charge in [0.15, 0.2) is 6.61 Å². The van der Waals surface area contributed by atoms with E-state index in [9.17, 15) is 14.4 Å². The molecule has 3 amide bonds. The molecule has 3 aliphatic heterocycles. The van der Waals surface area contributed by atoms with Gasteiger partial charge in [-0.15, -0.1) is 0 Å². The van der Waals surface area contributed by atoms with Crippen LogP contribution in [0.2, 0.25) is 5.02 Å². The smallest absolute Gasteiger partial charge is 0.258 e. The topological polar surface area (TPSA) is 82.2 Å². The summed E-state index contributed by atoms with van der Waals surface area (Å²) < 4.78 is 5.68. The molecule has 5 rings (SSSR count). The van der Waals surface area contributed by atoms with Gasteiger partial charge in [-0.2, -0.15) is 0 Å².